The smallest absolute Gasteiger partial charge is 0.260 e. The molecule has 0 radical (unpaired) electrons. The summed E-state index contributed by atoms with van der Waals surface area (Å²) in [5, 5.41) is 47.0. The Bertz CT molecular complexity index is 419. The van der Waals surface area contributed by atoms with Gasteiger partial charge in [-0.15, -0.1) is 0 Å². The lowest BCUT2D eigenvalue weighted by Gasteiger charge is -2.27. The van der Waals surface area contributed by atoms with Gasteiger partial charge < -0.3 is 25.5 Å². The van der Waals surface area contributed by atoms with Crippen LogP contribution in [0.2, 0.25) is 0 Å². The molecule has 8 heteroatoms. The Morgan fingerprint density at radius 2 is 1.30 bits per heavy atom. The maximum Gasteiger partial charge on any atom is 0.260 e. The highest BCUT2D eigenvalue weighted by Gasteiger charge is 2.36. The molecule has 0 spiro atoms. The van der Waals surface area contributed by atoms with Crippen molar-refractivity contribution in [3.05, 3.63) is 0 Å². The van der Waals surface area contributed by atoms with Gasteiger partial charge in [0.1, 0.15) is 18.3 Å². The maximum atomic E-state index is 12.0. The third-order valence-electron chi connectivity index (χ3n) is 4.71. The van der Waals surface area contributed by atoms with Crippen LogP contribution in [-0.2, 0) is 9.59 Å². The van der Waals surface area contributed by atoms with Crippen molar-refractivity contribution in [1.29, 1.82) is 0 Å². The van der Waals surface area contributed by atoms with Crippen molar-refractivity contribution in [2.24, 2.45) is 0 Å². The van der Waals surface area contributed by atoms with Gasteiger partial charge in [-0.25, -0.2) is 0 Å². The molecule has 4 unspecified atom stereocenters. The van der Waals surface area contributed by atoms with E-state index in [0.717, 1.165) is 24.2 Å². The second-order valence-corrected chi connectivity index (χ2v) is 7.05. The van der Waals surface area contributed by atoms with Crippen molar-refractivity contribution in [2.45, 2.75) is 95.5 Å². The number of hydrogen-bond donors (Lipinski definition) is 5. The van der Waals surface area contributed by atoms with Crippen molar-refractivity contribution in [2.75, 3.05) is 13.7 Å². The summed E-state index contributed by atoms with van der Waals surface area (Å²) in [6, 6.07) is 0. The van der Waals surface area contributed by atoms with E-state index in [2.05, 4.69) is 6.92 Å². The Balaban J connectivity index is 4.12. The van der Waals surface area contributed by atoms with Gasteiger partial charge in [-0.2, -0.15) is 0 Å². The Kier molecular flexibility index (Phi) is 14.3. The lowest BCUT2D eigenvalue weighted by atomic mass is 10.0. The number of unbranched alkanes of at least 4 members (excludes halogenated alkanes) is 8. The van der Waals surface area contributed by atoms with Crippen LogP contribution in [0.15, 0.2) is 0 Å². The number of aliphatic hydroxyl groups excluding tert-OH is 5. The summed E-state index contributed by atoms with van der Waals surface area (Å²) >= 11 is 0. The van der Waals surface area contributed by atoms with E-state index in [1.54, 1.807) is 0 Å². The second kappa shape index (κ2) is 14.9. The maximum absolute atomic E-state index is 12.0. The lowest BCUT2D eigenvalue weighted by Crippen LogP contribution is -2.52. The van der Waals surface area contributed by atoms with E-state index < -0.39 is 42.8 Å². The number of carbonyl (C=O) groups excluding carboxylic acids is 2. The summed E-state index contributed by atoms with van der Waals surface area (Å²) in [5.74, 6) is -1.54. The third kappa shape index (κ3) is 10.2. The Morgan fingerprint density at radius 1 is 0.815 bits per heavy atom. The summed E-state index contributed by atoms with van der Waals surface area (Å²) in [6.45, 7) is 1.34. The van der Waals surface area contributed by atoms with Gasteiger partial charge in [0.15, 0.2) is 6.10 Å². The summed E-state index contributed by atoms with van der Waals surface area (Å²) in [5.41, 5.74) is 0. The monoisotopic (exact) mass is 391 g/mol. The molecule has 8 nitrogen and oxygen atoms in total. The SMILES string of the molecule is CCCCCCCCCCCC(=O)N(C)C(=O)C(O)C(O)C(O)C(O)CO. The first-order chi connectivity index (χ1) is 12.8. The summed E-state index contributed by atoms with van der Waals surface area (Å²) in [7, 11) is 1.20. The topological polar surface area (TPSA) is 139 Å². The van der Waals surface area contributed by atoms with Gasteiger partial charge in [-0.3, -0.25) is 14.5 Å². The van der Waals surface area contributed by atoms with E-state index in [4.69, 9.17) is 5.11 Å². The van der Waals surface area contributed by atoms with Crippen LogP contribution >= 0.6 is 0 Å². The highest BCUT2D eigenvalue weighted by Crippen LogP contribution is 2.12. The fourth-order valence-corrected chi connectivity index (χ4v) is 2.74. The summed E-state index contributed by atoms with van der Waals surface area (Å²) in [4.78, 5) is 24.8. The van der Waals surface area contributed by atoms with Gasteiger partial charge in [0.25, 0.3) is 5.91 Å². The van der Waals surface area contributed by atoms with E-state index >= 15 is 0 Å². The molecule has 27 heavy (non-hydrogen) atoms. The van der Waals surface area contributed by atoms with Crippen molar-refractivity contribution in [1.82, 2.24) is 4.90 Å². The quantitative estimate of drug-likeness (QED) is 0.254. The Morgan fingerprint density at radius 3 is 1.78 bits per heavy atom. The predicted molar refractivity (Wildman–Crippen MR) is 101 cm³/mol. The zero-order valence-electron chi connectivity index (χ0n) is 16.6. The van der Waals surface area contributed by atoms with E-state index in [0.29, 0.717) is 6.42 Å². The number of amides is 2. The number of aliphatic hydroxyl groups is 5. The van der Waals surface area contributed by atoms with E-state index in [9.17, 15) is 30.0 Å². The van der Waals surface area contributed by atoms with Crippen LogP contribution in [-0.4, -0.2) is 80.3 Å². The Hall–Kier alpha value is -1.06. The van der Waals surface area contributed by atoms with Crippen LogP contribution < -0.4 is 0 Å². The van der Waals surface area contributed by atoms with Crippen molar-refractivity contribution < 1.29 is 35.1 Å². The molecule has 0 aromatic rings. The molecule has 0 saturated heterocycles. The van der Waals surface area contributed by atoms with Crippen LogP contribution in [0.4, 0.5) is 0 Å². The summed E-state index contributed by atoms with van der Waals surface area (Å²) in [6.07, 6.45) is 2.33. The van der Waals surface area contributed by atoms with Crippen LogP contribution in [0.3, 0.4) is 0 Å². The molecule has 0 fully saturated rings. The molecule has 0 aromatic carbocycles. The minimum Gasteiger partial charge on any atom is -0.394 e. The number of hydrogen-bond acceptors (Lipinski definition) is 7. The molecular weight excluding hydrogens is 354 g/mol. The predicted octanol–water partition coefficient (Wildman–Crippen LogP) is 0.328. The molecular formula is C19H37NO7. The number of nitrogens with zero attached hydrogens (tertiary/aromatic N) is 1. The zero-order chi connectivity index (χ0) is 20.8. The van der Waals surface area contributed by atoms with Gasteiger partial charge in [-0.05, 0) is 6.42 Å². The molecule has 0 aliphatic carbocycles. The molecule has 2 amide bonds. The summed E-state index contributed by atoms with van der Waals surface area (Å²) < 4.78 is 0. The van der Waals surface area contributed by atoms with Gasteiger partial charge in [0, 0.05) is 13.5 Å². The first kappa shape index (κ1) is 25.9. The molecule has 0 heterocycles. The van der Waals surface area contributed by atoms with Crippen molar-refractivity contribution in [3.8, 4) is 0 Å². The largest absolute Gasteiger partial charge is 0.394 e. The lowest BCUT2D eigenvalue weighted by molar-refractivity contribution is -0.161. The molecule has 0 bridgehead atoms. The van der Waals surface area contributed by atoms with Crippen molar-refractivity contribution in [3.63, 3.8) is 0 Å². The molecule has 0 aliphatic heterocycles. The molecule has 0 saturated carbocycles. The molecule has 0 aromatic heterocycles. The van der Waals surface area contributed by atoms with Gasteiger partial charge in [-0.1, -0.05) is 58.3 Å². The van der Waals surface area contributed by atoms with Gasteiger partial charge in [0.2, 0.25) is 5.91 Å². The molecule has 5 N–H and O–H groups in total. The molecule has 160 valence electrons. The van der Waals surface area contributed by atoms with Crippen LogP contribution in [0.1, 0.15) is 71.1 Å². The van der Waals surface area contributed by atoms with Gasteiger partial charge >= 0.3 is 0 Å². The Labute approximate surface area is 161 Å². The highest BCUT2D eigenvalue weighted by molar-refractivity contribution is 5.97. The van der Waals surface area contributed by atoms with Crippen LogP contribution in [0.5, 0.6) is 0 Å². The van der Waals surface area contributed by atoms with Crippen LogP contribution in [0, 0.1) is 0 Å². The van der Waals surface area contributed by atoms with Crippen LogP contribution in [0.25, 0.3) is 0 Å². The number of likely N-dealkylation sites (N-methyl/N-ethyl adjacent to an activating group) is 1. The highest BCUT2D eigenvalue weighted by atomic mass is 16.4. The van der Waals surface area contributed by atoms with Gasteiger partial charge in [0.05, 0.1) is 6.61 Å². The van der Waals surface area contributed by atoms with E-state index in [1.807, 2.05) is 0 Å². The minimum atomic E-state index is -2.07. The normalized spacial score (nSPS) is 15.8. The van der Waals surface area contributed by atoms with E-state index in [1.165, 1.54) is 39.2 Å². The second-order valence-electron chi connectivity index (χ2n) is 7.05. The average Bonchev–Trinajstić information content (AvgIpc) is 2.68. The molecule has 0 rings (SSSR count). The first-order valence-corrected chi connectivity index (χ1v) is 9.91. The van der Waals surface area contributed by atoms with Crippen molar-refractivity contribution >= 4 is 11.8 Å². The fraction of sp³-hybridized carbons (Fsp3) is 0.895. The minimum absolute atomic E-state index is 0.155. The molecule has 0 aliphatic rings. The zero-order valence-corrected chi connectivity index (χ0v) is 16.6. The number of carbonyl (C=O) groups is 2. The number of imide groups is 1. The first-order valence-electron chi connectivity index (χ1n) is 9.91. The standard InChI is InChI=1S/C19H37NO7/c1-3-4-5-6-7-8-9-10-11-12-15(23)20(2)19(27)18(26)17(25)16(24)14(22)13-21/h14,16-18,21-22,24-26H,3-13H2,1-2H3. The third-order valence-corrected chi connectivity index (χ3v) is 4.71. The number of rotatable bonds is 15. The van der Waals surface area contributed by atoms with E-state index in [-0.39, 0.29) is 6.42 Å². The molecule has 4 atom stereocenters. The fourth-order valence-electron chi connectivity index (χ4n) is 2.74. The average molecular weight is 392 g/mol.